The van der Waals surface area contributed by atoms with Crippen LogP contribution in [0, 0.1) is 22.7 Å². The van der Waals surface area contributed by atoms with Gasteiger partial charge in [-0.2, -0.15) is 5.26 Å². The number of carbonyl (C=O) groups excluding carboxylic acids is 4. The Bertz CT molecular complexity index is 2180. The van der Waals surface area contributed by atoms with Crippen molar-refractivity contribution in [3.05, 3.63) is 81.1 Å². The molecule has 0 aliphatic carbocycles. The second kappa shape index (κ2) is 14.7. The Kier molecular flexibility index (Phi) is 9.66. The van der Waals surface area contributed by atoms with Gasteiger partial charge in [-0.25, -0.2) is 9.97 Å². The van der Waals surface area contributed by atoms with Gasteiger partial charge in [-0.1, -0.05) is 11.6 Å². The number of nitrogens with one attached hydrogen (secondary N) is 1. The van der Waals surface area contributed by atoms with Crippen LogP contribution in [0.1, 0.15) is 101 Å². The van der Waals surface area contributed by atoms with Gasteiger partial charge < -0.3 is 19.8 Å². The summed E-state index contributed by atoms with van der Waals surface area (Å²) in [5, 5.41) is 23.1. The van der Waals surface area contributed by atoms with E-state index in [4.69, 9.17) is 11.6 Å². The van der Waals surface area contributed by atoms with Crippen LogP contribution in [0.3, 0.4) is 0 Å². The number of likely N-dealkylation sites (tertiary alicyclic amines) is 1. The van der Waals surface area contributed by atoms with Crippen LogP contribution in [0.15, 0.2) is 42.7 Å². The fourth-order valence-corrected chi connectivity index (χ4v) is 10.4. The van der Waals surface area contributed by atoms with Crippen LogP contribution in [0.5, 0.6) is 0 Å². The molecule has 3 atom stereocenters. The second-order valence-electron chi connectivity index (χ2n) is 16.9. The minimum atomic E-state index is -1.23. The number of amides is 4. The molecule has 14 nitrogen and oxygen atoms in total. The van der Waals surface area contributed by atoms with E-state index in [-0.39, 0.29) is 36.0 Å². The third kappa shape index (κ3) is 6.89. The van der Waals surface area contributed by atoms with Gasteiger partial charge in [-0.05, 0) is 98.2 Å². The maximum atomic E-state index is 13.5. The van der Waals surface area contributed by atoms with Gasteiger partial charge in [0.15, 0.2) is 6.23 Å². The number of hydrogen-bond acceptors (Lipinski definition) is 11. The highest BCUT2D eigenvalue weighted by molar-refractivity contribution is 6.32. The molecule has 0 bridgehead atoms. The van der Waals surface area contributed by atoms with Crippen LogP contribution in [-0.4, -0.2) is 105 Å². The van der Waals surface area contributed by atoms with Gasteiger partial charge in [0.2, 0.25) is 17.8 Å². The van der Waals surface area contributed by atoms with Gasteiger partial charge in [0.25, 0.3) is 11.8 Å². The number of aromatic nitrogens is 2. The lowest BCUT2D eigenvalue weighted by Gasteiger charge is -2.39. The number of halogens is 1. The number of nitrogens with zero attached hydrogens (tertiary/aromatic N) is 8. The molecule has 0 saturated carbocycles. The van der Waals surface area contributed by atoms with Gasteiger partial charge in [0, 0.05) is 94.0 Å². The van der Waals surface area contributed by atoms with Crippen molar-refractivity contribution in [2.45, 2.75) is 83.3 Å². The molecule has 9 rings (SSSR count). The van der Waals surface area contributed by atoms with E-state index in [1.54, 1.807) is 18.5 Å². The van der Waals surface area contributed by atoms with Crippen molar-refractivity contribution < 1.29 is 24.3 Å². The van der Waals surface area contributed by atoms with Gasteiger partial charge in [-0.3, -0.25) is 34.3 Å². The number of piperidine rings is 3. The fourth-order valence-electron chi connectivity index (χ4n) is 10.2. The average Bonchev–Trinajstić information content (AvgIpc) is 3.84. The first kappa shape index (κ1) is 37.5. The van der Waals surface area contributed by atoms with E-state index in [9.17, 15) is 29.5 Å². The second-order valence-corrected chi connectivity index (χ2v) is 17.3. The fraction of sp³-hybridized carbons (Fsp3) is 0.500. The summed E-state index contributed by atoms with van der Waals surface area (Å²) in [5.41, 5.74) is 5.29. The maximum absolute atomic E-state index is 13.5. The Morgan fingerprint density at radius 1 is 1.02 bits per heavy atom. The van der Waals surface area contributed by atoms with E-state index in [0.717, 1.165) is 75.1 Å². The highest BCUT2D eigenvalue weighted by Crippen LogP contribution is 2.46. The molecule has 0 radical (unpaired) electrons. The molecule has 6 aliphatic heterocycles. The van der Waals surface area contributed by atoms with Crippen molar-refractivity contribution in [2.24, 2.45) is 11.3 Å². The van der Waals surface area contributed by atoms with Crippen molar-refractivity contribution in [1.29, 1.82) is 5.26 Å². The Labute approximate surface area is 336 Å². The van der Waals surface area contributed by atoms with Crippen LogP contribution >= 0.6 is 11.6 Å². The molecule has 2 unspecified atom stereocenters. The summed E-state index contributed by atoms with van der Waals surface area (Å²) in [5.74, 6) is -0.266. The zero-order valence-electron chi connectivity index (χ0n) is 32.0. The molecule has 3 aromatic rings. The van der Waals surface area contributed by atoms with Crippen molar-refractivity contribution in [1.82, 2.24) is 30.0 Å². The molecule has 2 N–H and O–H groups in total. The van der Waals surface area contributed by atoms with Crippen LogP contribution in [0.2, 0.25) is 5.02 Å². The standard InChI is InChI=1S/C42H46ClN9O5/c1-25-17-42(24-51(25)31-3-2-27(18-44)34(43)16-31)8-12-50(13-9-42)41-45-19-30(20-46-41)38(55)49-10-6-26(7-11-49)21-48-22-28-14-32-33(15-29(28)23-48)40(57)52(39(32)56)35-4-5-36(53)47-37(35)54/h2-3,14-16,19-20,25-26,35,39,56H,4-13,17,21-24H2,1H3,(H,47,53,54)/t25-,35?,39?/m0/s1. The van der Waals surface area contributed by atoms with Gasteiger partial charge in [0.1, 0.15) is 12.1 Å². The summed E-state index contributed by atoms with van der Waals surface area (Å²) < 4.78 is 0. The molecule has 4 fully saturated rings. The number of benzene rings is 2. The molecule has 4 saturated heterocycles. The Hall–Kier alpha value is -5.10. The zero-order chi connectivity index (χ0) is 39.6. The molecule has 4 amide bonds. The van der Waals surface area contributed by atoms with Gasteiger partial charge in [0.05, 0.1) is 16.1 Å². The SMILES string of the molecule is C[C@H]1CC2(CCN(c3ncc(C(=O)N4CCC(CN5Cc6cc7c(cc6C5)C(O)N(C5CCC(=O)NC5=O)C7=O)CC4)cn3)CC2)CN1c1ccc(C#N)c(Cl)c1. The van der Waals surface area contributed by atoms with Gasteiger partial charge >= 0.3 is 0 Å². The number of nitriles is 1. The molecule has 1 spiro atoms. The number of aliphatic hydroxyl groups is 1. The number of hydrogen-bond donors (Lipinski definition) is 2. The Morgan fingerprint density at radius 3 is 2.42 bits per heavy atom. The zero-order valence-corrected chi connectivity index (χ0v) is 32.7. The minimum absolute atomic E-state index is 0.0433. The third-order valence-corrected chi connectivity index (χ3v) is 13.6. The summed E-state index contributed by atoms with van der Waals surface area (Å²) in [4.78, 5) is 70.4. The molecule has 6 aliphatic rings. The Balaban J connectivity index is 0.744. The first-order valence-electron chi connectivity index (χ1n) is 20.0. The number of aliphatic hydroxyl groups excluding tert-OH is 1. The van der Waals surface area contributed by atoms with Crippen LogP contribution in [-0.2, 0) is 22.7 Å². The number of imide groups is 1. The third-order valence-electron chi connectivity index (χ3n) is 13.3. The molecule has 15 heteroatoms. The van der Waals surface area contributed by atoms with Crippen LogP contribution < -0.4 is 15.1 Å². The molecule has 57 heavy (non-hydrogen) atoms. The predicted octanol–water partition coefficient (Wildman–Crippen LogP) is 4.01. The monoisotopic (exact) mass is 791 g/mol. The van der Waals surface area contributed by atoms with E-state index in [0.29, 0.717) is 71.4 Å². The van der Waals surface area contributed by atoms with Crippen LogP contribution in [0.4, 0.5) is 11.6 Å². The highest BCUT2D eigenvalue weighted by atomic mass is 35.5. The van der Waals surface area contributed by atoms with E-state index in [1.165, 1.54) is 4.90 Å². The number of fused-ring (bicyclic) bond motifs is 2. The minimum Gasteiger partial charge on any atom is -0.369 e. The van der Waals surface area contributed by atoms with Crippen molar-refractivity contribution in [2.75, 3.05) is 49.1 Å². The molecular formula is C42H46ClN9O5. The van der Waals surface area contributed by atoms with Gasteiger partial charge in [-0.15, -0.1) is 0 Å². The molecular weight excluding hydrogens is 746 g/mol. The molecule has 296 valence electrons. The van der Waals surface area contributed by atoms with Crippen molar-refractivity contribution >= 4 is 46.9 Å². The number of carbonyl (C=O) groups is 4. The normalized spacial score (nSPS) is 24.9. The largest absolute Gasteiger partial charge is 0.369 e. The smallest absolute Gasteiger partial charge is 0.257 e. The lowest BCUT2D eigenvalue weighted by molar-refractivity contribution is -0.139. The summed E-state index contributed by atoms with van der Waals surface area (Å²) in [6.45, 7) is 8.50. The summed E-state index contributed by atoms with van der Waals surface area (Å²) in [6.07, 6.45) is 7.34. The highest BCUT2D eigenvalue weighted by Gasteiger charge is 2.46. The first-order chi connectivity index (χ1) is 27.5. The van der Waals surface area contributed by atoms with Crippen molar-refractivity contribution in [3.63, 3.8) is 0 Å². The topological polar surface area (TPSA) is 166 Å². The van der Waals surface area contributed by atoms with E-state index in [2.05, 4.69) is 43.0 Å². The maximum Gasteiger partial charge on any atom is 0.257 e. The number of rotatable bonds is 6. The van der Waals surface area contributed by atoms with E-state index < -0.39 is 18.2 Å². The number of anilines is 2. The molecule has 7 heterocycles. The lowest BCUT2D eigenvalue weighted by Crippen LogP contribution is -2.53. The summed E-state index contributed by atoms with van der Waals surface area (Å²) in [6, 6.07) is 11.1. The van der Waals surface area contributed by atoms with E-state index >= 15 is 0 Å². The Morgan fingerprint density at radius 2 is 1.74 bits per heavy atom. The quantitative estimate of drug-likeness (QED) is 0.347. The summed E-state index contributed by atoms with van der Waals surface area (Å²) >= 11 is 6.36. The first-order valence-corrected chi connectivity index (χ1v) is 20.4. The lowest BCUT2D eigenvalue weighted by atomic mass is 9.77. The molecule has 1 aromatic heterocycles. The predicted molar refractivity (Wildman–Crippen MR) is 210 cm³/mol. The van der Waals surface area contributed by atoms with E-state index in [1.807, 2.05) is 29.2 Å². The van der Waals surface area contributed by atoms with Crippen molar-refractivity contribution in [3.8, 4) is 6.07 Å². The van der Waals surface area contributed by atoms with Crippen LogP contribution in [0.25, 0.3) is 0 Å². The average molecular weight is 792 g/mol. The molecule has 2 aromatic carbocycles. The summed E-state index contributed by atoms with van der Waals surface area (Å²) in [7, 11) is 0.